The number of amides is 2. The largest absolute Gasteiger partial charge is 0.480 e. The molecule has 0 bridgehead atoms. The number of rotatable bonds is 5. The minimum atomic E-state index is -1.08. The number of hydrogen-bond acceptors (Lipinski definition) is 3. The van der Waals surface area contributed by atoms with Crippen LogP contribution in [0.25, 0.3) is 0 Å². The van der Waals surface area contributed by atoms with Crippen LogP contribution in [0.5, 0.6) is 0 Å². The molecular formula is C13H25N3O3. The number of likely N-dealkylation sites (N-methyl/N-ethyl adjacent to an activating group) is 1. The van der Waals surface area contributed by atoms with E-state index >= 15 is 0 Å². The van der Waals surface area contributed by atoms with E-state index in [1.165, 1.54) is 0 Å². The molecule has 1 aliphatic carbocycles. The molecule has 1 saturated carbocycles. The van der Waals surface area contributed by atoms with Crippen molar-refractivity contribution in [2.45, 2.75) is 50.6 Å². The zero-order chi connectivity index (χ0) is 14.5. The number of nitrogens with one attached hydrogen (secondary N) is 2. The second-order valence-corrected chi connectivity index (χ2v) is 5.71. The number of carboxylic acids is 1. The summed E-state index contributed by atoms with van der Waals surface area (Å²) in [4.78, 5) is 25.3. The van der Waals surface area contributed by atoms with E-state index < -0.39 is 17.5 Å². The predicted molar refractivity (Wildman–Crippen MR) is 73.1 cm³/mol. The molecule has 1 fully saturated rings. The minimum Gasteiger partial charge on any atom is -0.480 e. The van der Waals surface area contributed by atoms with Crippen LogP contribution in [0.15, 0.2) is 0 Å². The van der Waals surface area contributed by atoms with Crippen molar-refractivity contribution < 1.29 is 14.7 Å². The Morgan fingerprint density at radius 3 is 2.32 bits per heavy atom. The highest BCUT2D eigenvalue weighted by atomic mass is 16.4. The van der Waals surface area contributed by atoms with Crippen LogP contribution in [0.4, 0.5) is 4.79 Å². The van der Waals surface area contributed by atoms with Gasteiger partial charge in [-0.3, -0.25) is 0 Å². The van der Waals surface area contributed by atoms with Crippen LogP contribution in [0, 0.1) is 0 Å². The monoisotopic (exact) mass is 271 g/mol. The van der Waals surface area contributed by atoms with E-state index in [0.29, 0.717) is 19.4 Å². The van der Waals surface area contributed by atoms with E-state index in [1.54, 1.807) is 0 Å². The first-order chi connectivity index (χ1) is 8.85. The van der Waals surface area contributed by atoms with Crippen LogP contribution < -0.4 is 10.6 Å². The zero-order valence-electron chi connectivity index (χ0n) is 12.0. The average Bonchev–Trinajstić information content (AvgIpc) is 2.28. The third kappa shape index (κ3) is 4.70. The summed E-state index contributed by atoms with van der Waals surface area (Å²) in [7, 11) is 3.85. The fourth-order valence-corrected chi connectivity index (χ4v) is 2.62. The van der Waals surface area contributed by atoms with Crippen LogP contribution >= 0.6 is 0 Å². The summed E-state index contributed by atoms with van der Waals surface area (Å²) in [5.74, 6) is -0.928. The highest BCUT2D eigenvalue weighted by molar-refractivity contribution is 5.86. The van der Waals surface area contributed by atoms with Crippen LogP contribution in [-0.4, -0.2) is 54.2 Å². The Morgan fingerprint density at radius 1 is 1.26 bits per heavy atom. The summed E-state index contributed by atoms with van der Waals surface area (Å²) >= 11 is 0. The molecule has 6 heteroatoms. The first-order valence-electron chi connectivity index (χ1n) is 6.82. The molecule has 0 aromatic rings. The van der Waals surface area contributed by atoms with Crippen LogP contribution in [-0.2, 0) is 4.79 Å². The molecule has 0 radical (unpaired) electrons. The lowest BCUT2D eigenvalue weighted by atomic mass is 9.82. The summed E-state index contributed by atoms with van der Waals surface area (Å²) in [6, 6.07) is -0.414. The summed E-state index contributed by atoms with van der Waals surface area (Å²) < 4.78 is 0. The third-order valence-electron chi connectivity index (χ3n) is 3.49. The van der Waals surface area contributed by atoms with Gasteiger partial charge in [0, 0.05) is 12.6 Å². The van der Waals surface area contributed by atoms with Gasteiger partial charge in [0.05, 0.1) is 0 Å². The molecule has 6 nitrogen and oxygen atoms in total. The molecule has 1 rings (SSSR count). The van der Waals surface area contributed by atoms with Gasteiger partial charge in [-0.2, -0.15) is 0 Å². The van der Waals surface area contributed by atoms with Crippen molar-refractivity contribution in [3.8, 4) is 0 Å². The molecule has 3 N–H and O–H groups in total. The van der Waals surface area contributed by atoms with E-state index in [0.717, 1.165) is 19.3 Å². The maximum absolute atomic E-state index is 11.9. The van der Waals surface area contributed by atoms with Crippen molar-refractivity contribution in [2.75, 3.05) is 20.6 Å². The molecule has 0 aliphatic heterocycles. The summed E-state index contributed by atoms with van der Waals surface area (Å²) in [5.41, 5.74) is -1.08. The van der Waals surface area contributed by atoms with Gasteiger partial charge >= 0.3 is 12.0 Å². The number of aliphatic carboxylic acids is 1. The molecule has 0 aromatic carbocycles. The van der Waals surface area contributed by atoms with Crippen molar-refractivity contribution >= 4 is 12.0 Å². The van der Waals surface area contributed by atoms with Gasteiger partial charge < -0.3 is 20.6 Å². The normalized spacial score (nSPS) is 19.8. The SMILES string of the molecule is CC(CN(C)C)NC(=O)NC1(C(=O)O)CCCCC1. The Morgan fingerprint density at radius 2 is 1.84 bits per heavy atom. The lowest BCUT2D eigenvalue weighted by molar-refractivity contribution is -0.145. The van der Waals surface area contributed by atoms with Crippen molar-refractivity contribution in [1.29, 1.82) is 0 Å². The molecule has 19 heavy (non-hydrogen) atoms. The summed E-state index contributed by atoms with van der Waals surface area (Å²) in [6.45, 7) is 2.61. The Balaban J connectivity index is 2.55. The lowest BCUT2D eigenvalue weighted by Gasteiger charge is -2.34. The van der Waals surface area contributed by atoms with Crippen LogP contribution in [0.3, 0.4) is 0 Å². The van der Waals surface area contributed by atoms with E-state index in [1.807, 2.05) is 25.9 Å². The Hall–Kier alpha value is -1.30. The number of carboxylic acid groups (broad SMARTS) is 1. The quantitative estimate of drug-likeness (QED) is 0.697. The van der Waals surface area contributed by atoms with Crippen molar-refractivity contribution in [1.82, 2.24) is 15.5 Å². The maximum atomic E-state index is 11.9. The molecule has 0 saturated heterocycles. The molecule has 1 unspecified atom stereocenters. The van der Waals surface area contributed by atoms with E-state index in [9.17, 15) is 14.7 Å². The van der Waals surface area contributed by atoms with Crippen molar-refractivity contribution in [3.63, 3.8) is 0 Å². The second kappa shape index (κ2) is 6.75. The molecule has 0 aromatic heterocycles. The van der Waals surface area contributed by atoms with E-state index in [4.69, 9.17) is 0 Å². The fraction of sp³-hybridized carbons (Fsp3) is 0.846. The fourth-order valence-electron chi connectivity index (χ4n) is 2.62. The molecule has 1 atom stereocenters. The van der Waals surface area contributed by atoms with Crippen LogP contribution in [0.2, 0.25) is 0 Å². The maximum Gasteiger partial charge on any atom is 0.329 e. The van der Waals surface area contributed by atoms with Gasteiger partial charge in [-0.1, -0.05) is 19.3 Å². The molecular weight excluding hydrogens is 246 g/mol. The van der Waals surface area contributed by atoms with Crippen molar-refractivity contribution in [2.24, 2.45) is 0 Å². The van der Waals surface area contributed by atoms with Gasteiger partial charge in [0.2, 0.25) is 0 Å². The number of carbonyl (C=O) groups excluding carboxylic acids is 1. The molecule has 0 spiro atoms. The van der Waals surface area contributed by atoms with Gasteiger partial charge in [0.25, 0.3) is 0 Å². The van der Waals surface area contributed by atoms with Crippen molar-refractivity contribution in [3.05, 3.63) is 0 Å². The standard InChI is InChI=1S/C13H25N3O3/c1-10(9-16(2)3)14-12(19)15-13(11(17)18)7-5-4-6-8-13/h10H,4-9H2,1-3H3,(H,17,18)(H2,14,15,19). The van der Waals surface area contributed by atoms with Crippen LogP contribution in [0.1, 0.15) is 39.0 Å². The smallest absolute Gasteiger partial charge is 0.329 e. The molecule has 1 aliphatic rings. The topological polar surface area (TPSA) is 81.7 Å². The number of nitrogens with zero attached hydrogens (tertiary/aromatic N) is 1. The second-order valence-electron chi connectivity index (χ2n) is 5.71. The van der Waals surface area contributed by atoms with E-state index in [-0.39, 0.29) is 6.04 Å². The van der Waals surface area contributed by atoms with E-state index in [2.05, 4.69) is 10.6 Å². The van der Waals surface area contributed by atoms with Gasteiger partial charge in [0.1, 0.15) is 5.54 Å². The average molecular weight is 271 g/mol. The Labute approximate surface area is 114 Å². The van der Waals surface area contributed by atoms with Gasteiger partial charge in [-0.15, -0.1) is 0 Å². The zero-order valence-corrected chi connectivity index (χ0v) is 12.0. The Kier molecular flexibility index (Phi) is 5.60. The predicted octanol–water partition coefficient (Wildman–Crippen LogP) is 1.02. The van der Waals surface area contributed by atoms with Gasteiger partial charge in [-0.25, -0.2) is 9.59 Å². The molecule has 0 heterocycles. The third-order valence-corrected chi connectivity index (χ3v) is 3.49. The highest BCUT2D eigenvalue weighted by Crippen LogP contribution is 2.28. The summed E-state index contributed by atoms with van der Waals surface area (Å²) in [5, 5.41) is 14.8. The molecule has 2 amide bonds. The number of carbonyl (C=O) groups is 2. The first kappa shape index (κ1) is 15.8. The number of urea groups is 1. The highest BCUT2D eigenvalue weighted by Gasteiger charge is 2.41. The van der Waals surface area contributed by atoms with Gasteiger partial charge in [-0.05, 0) is 33.9 Å². The lowest BCUT2D eigenvalue weighted by Crippen LogP contribution is -2.59. The minimum absolute atomic E-state index is 0.0237. The summed E-state index contributed by atoms with van der Waals surface area (Å²) in [6.07, 6.45) is 3.75. The number of hydrogen-bond donors (Lipinski definition) is 3. The first-order valence-corrected chi connectivity index (χ1v) is 6.82. The molecule has 110 valence electrons. The Bertz CT molecular complexity index is 325. The van der Waals surface area contributed by atoms with Gasteiger partial charge in [0.15, 0.2) is 0 Å².